The number of ether oxygens (including phenoxy) is 1. The third-order valence-electron chi connectivity index (χ3n) is 3.79. The van der Waals surface area contributed by atoms with Crippen LogP contribution in [0.5, 0.6) is 5.75 Å². The molecule has 0 aromatic heterocycles. The predicted molar refractivity (Wildman–Crippen MR) is 73.2 cm³/mol. The van der Waals surface area contributed by atoms with Gasteiger partial charge >= 0.3 is 5.97 Å². The van der Waals surface area contributed by atoms with E-state index in [-0.39, 0.29) is 23.9 Å². The van der Waals surface area contributed by atoms with Gasteiger partial charge in [0.1, 0.15) is 0 Å². The van der Waals surface area contributed by atoms with Crippen LogP contribution in [0.15, 0.2) is 18.2 Å². The van der Waals surface area contributed by atoms with Crippen LogP contribution >= 0.6 is 0 Å². The molecule has 0 aliphatic carbocycles. The first kappa shape index (κ1) is 14.8. The maximum atomic E-state index is 13.6. The average molecular weight is 281 g/mol. The maximum Gasteiger partial charge on any atom is 0.303 e. The number of hydrogen-bond acceptors (Lipinski definition) is 3. The van der Waals surface area contributed by atoms with Crippen LogP contribution in [0.4, 0.5) is 4.39 Å². The van der Waals surface area contributed by atoms with E-state index in [1.807, 2.05) is 6.07 Å². The van der Waals surface area contributed by atoms with E-state index in [2.05, 4.69) is 4.90 Å². The summed E-state index contributed by atoms with van der Waals surface area (Å²) in [7, 11) is 1.45. The Morgan fingerprint density at radius 2 is 2.15 bits per heavy atom. The molecule has 1 aromatic carbocycles. The van der Waals surface area contributed by atoms with Crippen molar-refractivity contribution in [2.75, 3.05) is 20.2 Å². The second-order valence-corrected chi connectivity index (χ2v) is 5.29. The van der Waals surface area contributed by atoms with Crippen LogP contribution in [0.3, 0.4) is 0 Å². The molecule has 2 rings (SSSR count). The molecular weight excluding hydrogens is 261 g/mol. The highest BCUT2D eigenvalue weighted by Gasteiger charge is 2.21. The van der Waals surface area contributed by atoms with Gasteiger partial charge in [0.25, 0.3) is 0 Å². The zero-order chi connectivity index (χ0) is 14.5. The number of likely N-dealkylation sites (tertiary alicyclic amines) is 1. The summed E-state index contributed by atoms with van der Waals surface area (Å²) in [5.41, 5.74) is 0.917. The average Bonchev–Trinajstić information content (AvgIpc) is 2.41. The zero-order valence-electron chi connectivity index (χ0n) is 11.6. The first-order valence-corrected chi connectivity index (χ1v) is 6.85. The lowest BCUT2D eigenvalue weighted by Gasteiger charge is -2.31. The first-order chi connectivity index (χ1) is 9.58. The van der Waals surface area contributed by atoms with Gasteiger partial charge in [0.05, 0.1) is 7.11 Å². The summed E-state index contributed by atoms with van der Waals surface area (Å²) in [4.78, 5) is 12.9. The fourth-order valence-corrected chi connectivity index (χ4v) is 2.66. The summed E-state index contributed by atoms with van der Waals surface area (Å²) in [5.74, 6) is -0.531. The van der Waals surface area contributed by atoms with Crippen LogP contribution in [0.25, 0.3) is 0 Å². The Labute approximate surface area is 118 Å². The van der Waals surface area contributed by atoms with Gasteiger partial charge in [-0.2, -0.15) is 0 Å². The molecule has 0 unspecified atom stereocenters. The summed E-state index contributed by atoms with van der Waals surface area (Å²) >= 11 is 0. The molecule has 0 radical (unpaired) electrons. The SMILES string of the molecule is COc1ccc(CN2CCC(CC(=O)O)CC2)cc1F. The molecule has 20 heavy (non-hydrogen) atoms. The topological polar surface area (TPSA) is 49.8 Å². The minimum Gasteiger partial charge on any atom is -0.494 e. The number of carbonyl (C=O) groups is 1. The molecule has 0 atom stereocenters. The normalized spacial score (nSPS) is 17.1. The number of benzene rings is 1. The number of nitrogens with zero attached hydrogens (tertiary/aromatic N) is 1. The monoisotopic (exact) mass is 281 g/mol. The van der Waals surface area contributed by atoms with Gasteiger partial charge in [0.2, 0.25) is 0 Å². The quantitative estimate of drug-likeness (QED) is 0.901. The van der Waals surface area contributed by atoms with Crippen molar-refractivity contribution < 1.29 is 19.0 Å². The molecule has 110 valence electrons. The van der Waals surface area contributed by atoms with E-state index < -0.39 is 5.97 Å². The lowest BCUT2D eigenvalue weighted by Crippen LogP contribution is -2.33. The molecule has 0 saturated carbocycles. The van der Waals surface area contributed by atoms with Crippen LogP contribution in [-0.2, 0) is 11.3 Å². The first-order valence-electron chi connectivity index (χ1n) is 6.85. The van der Waals surface area contributed by atoms with Crippen LogP contribution in [0.1, 0.15) is 24.8 Å². The Morgan fingerprint density at radius 1 is 1.45 bits per heavy atom. The van der Waals surface area contributed by atoms with Crippen molar-refractivity contribution in [3.05, 3.63) is 29.6 Å². The minimum atomic E-state index is -0.722. The Bertz CT molecular complexity index is 470. The van der Waals surface area contributed by atoms with Gasteiger partial charge < -0.3 is 9.84 Å². The second-order valence-electron chi connectivity index (χ2n) is 5.29. The molecule has 1 aromatic rings. The molecule has 4 nitrogen and oxygen atoms in total. The smallest absolute Gasteiger partial charge is 0.303 e. The molecule has 1 aliphatic heterocycles. The van der Waals surface area contributed by atoms with Gasteiger partial charge in [-0.1, -0.05) is 6.07 Å². The van der Waals surface area contributed by atoms with Crippen LogP contribution < -0.4 is 4.74 Å². The molecule has 0 spiro atoms. The third-order valence-corrected chi connectivity index (χ3v) is 3.79. The van der Waals surface area contributed by atoms with Gasteiger partial charge in [-0.05, 0) is 49.5 Å². The van der Waals surface area contributed by atoms with E-state index in [9.17, 15) is 9.18 Å². The molecule has 0 bridgehead atoms. The van der Waals surface area contributed by atoms with Crippen molar-refractivity contribution in [1.29, 1.82) is 0 Å². The van der Waals surface area contributed by atoms with Crippen LogP contribution in [0, 0.1) is 11.7 Å². The molecule has 1 fully saturated rings. The van der Waals surface area contributed by atoms with Crippen molar-refractivity contribution in [3.8, 4) is 5.75 Å². The van der Waals surface area contributed by atoms with E-state index in [0.29, 0.717) is 6.54 Å². The van der Waals surface area contributed by atoms with Gasteiger partial charge in [0, 0.05) is 13.0 Å². The standard InChI is InChI=1S/C15H20FNO3/c1-20-14-3-2-12(8-13(14)16)10-17-6-4-11(5-7-17)9-15(18)19/h2-3,8,11H,4-7,9-10H2,1H3,(H,18,19). The molecular formula is C15H20FNO3. The van der Waals surface area contributed by atoms with Crippen LogP contribution in [-0.4, -0.2) is 36.2 Å². The Kier molecular flexibility index (Phi) is 4.95. The zero-order valence-corrected chi connectivity index (χ0v) is 11.6. The maximum absolute atomic E-state index is 13.6. The Hall–Kier alpha value is -1.62. The number of hydrogen-bond donors (Lipinski definition) is 1. The molecule has 1 saturated heterocycles. The molecule has 1 N–H and O–H groups in total. The van der Waals surface area contributed by atoms with Gasteiger partial charge in [-0.15, -0.1) is 0 Å². The highest BCUT2D eigenvalue weighted by molar-refractivity contribution is 5.67. The summed E-state index contributed by atoms with van der Waals surface area (Å²) in [5, 5.41) is 8.78. The number of carboxylic acid groups (broad SMARTS) is 1. The van der Waals surface area contributed by atoms with E-state index >= 15 is 0 Å². The lowest BCUT2D eigenvalue weighted by atomic mass is 9.93. The summed E-state index contributed by atoms with van der Waals surface area (Å²) < 4.78 is 18.5. The molecule has 5 heteroatoms. The predicted octanol–water partition coefficient (Wildman–Crippen LogP) is 2.52. The highest BCUT2D eigenvalue weighted by atomic mass is 19.1. The van der Waals surface area contributed by atoms with E-state index in [0.717, 1.165) is 31.5 Å². The lowest BCUT2D eigenvalue weighted by molar-refractivity contribution is -0.138. The molecule has 1 heterocycles. The van der Waals surface area contributed by atoms with Crippen molar-refractivity contribution in [1.82, 2.24) is 4.90 Å². The van der Waals surface area contributed by atoms with Gasteiger partial charge in [-0.25, -0.2) is 4.39 Å². The van der Waals surface area contributed by atoms with Crippen molar-refractivity contribution in [3.63, 3.8) is 0 Å². The van der Waals surface area contributed by atoms with Crippen molar-refractivity contribution in [2.45, 2.75) is 25.8 Å². The van der Waals surface area contributed by atoms with Gasteiger partial charge in [0.15, 0.2) is 11.6 Å². The van der Waals surface area contributed by atoms with Crippen LogP contribution in [0.2, 0.25) is 0 Å². The number of piperidine rings is 1. The number of rotatable bonds is 5. The van der Waals surface area contributed by atoms with E-state index in [4.69, 9.17) is 9.84 Å². The number of aliphatic carboxylic acids is 1. The van der Waals surface area contributed by atoms with Gasteiger partial charge in [-0.3, -0.25) is 9.69 Å². The number of halogens is 1. The van der Waals surface area contributed by atoms with Crippen molar-refractivity contribution in [2.24, 2.45) is 5.92 Å². The summed E-state index contributed by atoms with van der Waals surface area (Å²) in [6.07, 6.45) is 2.04. The third kappa shape index (κ3) is 3.93. The Morgan fingerprint density at radius 3 is 2.70 bits per heavy atom. The fraction of sp³-hybridized carbons (Fsp3) is 0.533. The largest absolute Gasteiger partial charge is 0.494 e. The molecule has 0 amide bonds. The minimum absolute atomic E-state index is 0.255. The second kappa shape index (κ2) is 6.70. The van der Waals surface area contributed by atoms with Crippen molar-refractivity contribution >= 4 is 5.97 Å². The summed E-state index contributed by atoms with van der Waals surface area (Å²) in [6.45, 7) is 2.43. The summed E-state index contributed by atoms with van der Waals surface area (Å²) in [6, 6.07) is 5.01. The number of carboxylic acids is 1. The number of methoxy groups -OCH3 is 1. The highest BCUT2D eigenvalue weighted by Crippen LogP contribution is 2.23. The van der Waals surface area contributed by atoms with E-state index in [1.54, 1.807) is 6.07 Å². The van der Waals surface area contributed by atoms with E-state index in [1.165, 1.54) is 13.2 Å². The Balaban J connectivity index is 1.86. The fourth-order valence-electron chi connectivity index (χ4n) is 2.66. The molecule has 1 aliphatic rings.